The van der Waals surface area contributed by atoms with Crippen LogP contribution in [-0.4, -0.2) is 54.8 Å². The molecule has 0 saturated carbocycles. The lowest BCUT2D eigenvalue weighted by molar-refractivity contribution is -0.147. The highest BCUT2D eigenvalue weighted by atomic mass is 35.5. The van der Waals surface area contributed by atoms with E-state index < -0.39 is 36.3 Å². The number of ether oxygens (including phenoxy) is 2. The fourth-order valence-electron chi connectivity index (χ4n) is 3.02. The van der Waals surface area contributed by atoms with Gasteiger partial charge in [0.05, 0.1) is 50.3 Å². The molecule has 2 aromatic carbocycles. The van der Waals surface area contributed by atoms with E-state index in [0.29, 0.717) is 11.3 Å². The van der Waals surface area contributed by atoms with Gasteiger partial charge in [-0.15, -0.1) is 0 Å². The topological polar surface area (TPSA) is 119 Å². The highest BCUT2D eigenvalue weighted by Gasteiger charge is 2.41. The van der Waals surface area contributed by atoms with Gasteiger partial charge in [0.2, 0.25) is 0 Å². The molecule has 1 N–H and O–H groups in total. The molecule has 0 aromatic heterocycles. The number of nitrogens with one attached hydrogen (secondary N) is 1. The van der Waals surface area contributed by atoms with Crippen LogP contribution < -0.4 is 5.32 Å². The van der Waals surface area contributed by atoms with E-state index in [1.54, 1.807) is 0 Å². The minimum Gasteiger partial charge on any atom is -0.465 e. The number of nitrogens with zero attached hydrogens (tertiary/aromatic N) is 1. The first-order chi connectivity index (χ1) is 16.1. The number of hydrogen-bond acceptors (Lipinski definition) is 7. The first kappa shape index (κ1) is 25.8. The molecule has 9 nitrogen and oxygen atoms in total. The summed E-state index contributed by atoms with van der Waals surface area (Å²) in [5.41, 5.74) is 0.270. The summed E-state index contributed by atoms with van der Waals surface area (Å²) in [5, 5.41) is 1.72. The van der Waals surface area contributed by atoms with Crippen molar-refractivity contribution in [3.63, 3.8) is 0 Å². The zero-order valence-corrected chi connectivity index (χ0v) is 20.3. The minimum atomic E-state index is -0.832. The molecule has 3 amide bonds. The summed E-state index contributed by atoms with van der Waals surface area (Å²) in [6.07, 6.45) is -0.386. The predicted molar refractivity (Wildman–Crippen MR) is 124 cm³/mol. The summed E-state index contributed by atoms with van der Waals surface area (Å²) in [7, 11) is 1.25. The number of amides is 3. The molecule has 34 heavy (non-hydrogen) atoms. The summed E-state index contributed by atoms with van der Waals surface area (Å²) in [4.78, 5) is 61.5. The maximum Gasteiger partial charge on any atom is 0.337 e. The summed E-state index contributed by atoms with van der Waals surface area (Å²) < 4.78 is 9.46. The molecule has 0 bridgehead atoms. The van der Waals surface area contributed by atoms with E-state index in [0.717, 1.165) is 4.90 Å². The Balaban J connectivity index is 1.53. The van der Waals surface area contributed by atoms with Crippen molar-refractivity contribution in [3.05, 3.63) is 61.0 Å². The van der Waals surface area contributed by atoms with Crippen LogP contribution >= 0.6 is 46.4 Å². The number of rotatable bonds is 7. The van der Waals surface area contributed by atoms with Gasteiger partial charge < -0.3 is 14.8 Å². The molecule has 0 fully saturated rings. The van der Waals surface area contributed by atoms with Gasteiger partial charge in [-0.1, -0.05) is 46.4 Å². The second-order valence-electron chi connectivity index (χ2n) is 6.80. The van der Waals surface area contributed by atoms with Crippen LogP contribution in [0, 0.1) is 0 Å². The predicted octanol–water partition coefficient (Wildman–Crippen LogP) is 4.25. The van der Waals surface area contributed by atoms with Gasteiger partial charge in [-0.3, -0.25) is 24.1 Å². The Labute approximate surface area is 212 Å². The van der Waals surface area contributed by atoms with Crippen molar-refractivity contribution in [2.45, 2.75) is 6.42 Å². The molecule has 0 aliphatic carbocycles. The Morgan fingerprint density at radius 1 is 0.882 bits per heavy atom. The maximum absolute atomic E-state index is 12.6. The van der Waals surface area contributed by atoms with Crippen molar-refractivity contribution in [1.82, 2.24) is 4.90 Å². The minimum absolute atomic E-state index is 0.166. The second kappa shape index (κ2) is 10.6. The van der Waals surface area contributed by atoms with Crippen LogP contribution in [0.25, 0.3) is 0 Å². The molecule has 1 heterocycles. The van der Waals surface area contributed by atoms with Gasteiger partial charge in [-0.05, 0) is 24.3 Å². The van der Waals surface area contributed by atoms with Crippen LogP contribution in [0.15, 0.2) is 24.3 Å². The largest absolute Gasteiger partial charge is 0.465 e. The molecular weight excluding hydrogens is 534 g/mol. The Morgan fingerprint density at radius 2 is 1.41 bits per heavy atom. The first-order valence-electron chi connectivity index (χ1n) is 9.42. The SMILES string of the molecule is COC(=O)c1ccc(NC(=O)COC(=O)CCN2C(=O)c3c(Cl)c(Cl)c(Cl)c(Cl)c3C2=O)cc1. The van der Waals surface area contributed by atoms with Gasteiger partial charge in [0.1, 0.15) is 0 Å². The van der Waals surface area contributed by atoms with Gasteiger partial charge in [-0.2, -0.15) is 0 Å². The molecule has 1 aliphatic heterocycles. The molecule has 0 radical (unpaired) electrons. The van der Waals surface area contributed by atoms with Crippen molar-refractivity contribution >= 4 is 81.8 Å². The average molecular weight is 548 g/mol. The molecular formula is C21H14Cl4N2O7. The Morgan fingerprint density at radius 3 is 1.91 bits per heavy atom. The van der Waals surface area contributed by atoms with E-state index in [9.17, 15) is 24.0 Å². The number of fused-ring (bicyclic) bond motifs is 1. The van der Waals surface area contributed by atoms with E-state index in [2.05, 4.69) is 10.1 Å². The summed E-state index contributed by atoms with van der Waals surface area (Å²) in [6.45, 7) is -0.952. The number of anilines is 1. The molecule has 178 valence electrons. The number of benzene rings is 2. The van der Waals surface area contributed by atoms with Crippen LogP contribution in [0.3, 0.4) is 0 Å². The number of imide groups is 1. The number of methoxy groups -OCH3 is 1. The van der Waals surface area contributed by atoms with Gasteiger partial charge in [0, 0.05) is 12.2 Å². The zero-order valence-electron chi connectivity index (χ0n) is 17.2. The van der Waals surface area contributed by atoms with Gasteiger partial charge in [-0.25, -0.2) is 4.79 Å². The number of halogens is 4. The van der Waals surface area contributed by atoms with Crippen LogP contribution in [0.5, 0.6) is 0 Å². The third-order valence-electron chi connectivity index (χ3n) is 4.68. The molecule has 1 aliphatic rings. The molecule has 0 saturated heterocycles. The highest BCUT2D eigenvalue weighted by molar-refractivity contribution is 6.55. The Bertz CT molecular complexity index is 1170. The van der Waals surface area contributed by atoms with E-state index in [1.807, 2.05) is 0 Å². The van der Waals surface area contributed by atoms with Gasteiger partial charge >= 0.3 is 11.9 Å². The van der Waals surface area contributed by atoms with E-state index >= 15 is 0 Å². The van der Waals surface area contributed by atoms with Crippen molar-refractivity contribution in [3.8, 4) is 0 Å². The standard InChI is InChI=1S/C21H14Cl4N2O7/c1-33-21(32)9-2-4-10(5-3-9)26-11(28)8-34-12(29)6-7-27-19(30)13-14(20(27)31)16(23)18(25)17(24)15(13)22/h2-5H,6-8H2,1H3,(H,26,28). The second-order valence-corrected chi connectivity index (χ2v) is 8.31. The summed E-state index contributed by atoms with van der Waals surface area (Å²) in [6, 6.07) is 5.86. The van der Waals surface area contributed by atoms with Crippen LogP contribution in [-0.2, 0) is 19.1 Å². The summed E-state index contributed by atoms with van der Waals surface area (Å²) in [5.74, 6) is -3.57. The number of carbonyl (C=O) groups is 5. The summed E-state index contributed by atoms with van der Waals surface area (Å²) >= 11 is 24.0. The first-order valence-corrected chi connectivity index (χ1v) is 10.9. The van der Waals surface area contributed by atoms with E-state index in [-0.39, 0.29) is 44.2 Å². The molecule has 2 aromatic rings. The van der Waals surface area contributed by atoms with Crippen LogP contribution in [0.2, 0.25) is 20.1 Å². The fourth-order valence-corrected chi connectivity index (χ4v) is 4.04. The smallest absolute Gasteiger partial charge is 0.337 e. The van der Waals surface area contributed by atoms with E-state index in [1.165, 1.54) is 31.4 Å². The van der Waals surface area contributed by atoms with Crippen molar-refractivity contribution in [2.24, 2.45) is 0 Å². The number of esters is 2. The fraction of sp³-hybridized carbons (Fsp3) is 0.190. The lowest BCUT2D eigenvalue weighted by atomic mass is 10.1. The van der Waals surface area contributed by atoms with Crippen molar-refractivity contribution < 1.29 is 33.4 Å². The normalized spacial score (nSPS) is 12.4. The third-order valence-corrected chi connectivity index (χ3v) is 6.48. The third kappa shape index (κ3) is 5.12. The highest BCUT2D eigenvalue weighted by Crippen LogP contribution is 2.44. The molecule has 3 rings (SSSR count). The maximum atomic E-state index is 12.6. The van der Waals surface area contributed by atoms with Crippen molar-refractivity contribution in [1.29, 1.82) is 0 Å². The van der Waals surface area contributed by atoms with E-state index in [4.69, 9.17) is 51.1 Å². The van der Waals surface area contributed by atoms with Gasteiger partial charge in [0.15, 0.2) is 6.61 Å². The molecule has 0 atom stereocenters. The van der Waals surface area contributed by atoms with Crippen LogP contribution in [0.1, 0.15) is 37.5 Å². The molecule has 0 unspecified atom stereocenters. The monoisotopic (exact) mass is 546 g/mol. The Kier molecular flexibility index (Phi) is 8.04. The Hall–Kier alpha value is -2.85. The number of hydrogen-bond donors (Lipinski definition) is 1. The molecule has 13 heteroatoms. The zero-order chi connectivity index (χ0) is 25.2. The number of carbonyl (C=O) groups excluding carboxylic acids is 5. The lowest BCUT2D eigenvalue weighted by Crippen LogP contribution is -2.32. The molecule has 0 spiro atoms. The average Bonchev–Trinajstić information content (AvgIpc) is 3.08. The van der Waals surface area contributed by atoms with Crippen LogP contribution in [0.4, 0.5) is 5.69 Å². The van der Waals surface area contributed by atoms with Gasteiger partial charge in [0.25, 0.3) is 17.7 Å². The van der Waals surface area contributed by atoms with Crippen molar-refractivity contribution in [2.75, 3.05) is 25.6 Å². The lowest BCUT2D eigenvalue weighted by Gasteiger charge is -2.13. The quantitative estimate of drug-likeness (QED) is 0.238.